The van der Waals surface area contributed by atoms with Gasteiger partial charge in [0.15, 0.2) is 0 Å². The number of fused-ring (bicyclic) bond motifs is 1. The monoisotopic (exact) mass is 343 g/mol. The summed E-state index contributed by atoms with van der Waals surface area (Å²) in [6.07, 6.45) is 4.66. The first-order chi connectivity index (χ1) is 12.1. The zero-order valence-corrected chi connectivity index (χ0v) is 14.1. The third-order valence-electron chi connectivity index (χ3n) is 5.38. The van der Waals surface area contributed by atoms with E-state index >= 15 is 0 Å². The molecule has 0 atom stereocenters. The van der Waals surface area contributed by atoms with Gasteiger partial charge in [-0.2, -0.15) is 0 Å². The lowest BCUT2D eigenvalue weighted by Crippen LogP contribution is -2.53. The molecule has 1 N–H and O–H groups in total. The molecule has 1 aliphatic heterocycles. The molecule has 1 amide bonds. The fourth-order valence-corrected chi connectivity index (χ4v) is 4.05. The van der Waals surface area contributed by atoms with Crippen molar-refractivity contribution >= 4 is 16.8 Å². The lowest BCUT2D eigenvalue weighted by Gasteiger charge is -2.37. The largest absolute Gasteiger partial charge is 0.337 e. The Morgan fingerprint density at radius 2 is 1.92 bits per heavy atom. The fourth-order valence-electron chi connectivity index (χ4n) is 4.05. The van der Waals surface area contributed by atoms with Crippen LogP contribution in [0, 0.1) is 5.82 Å². The van der Waals surface area contributed by atoms with E-state index in [9.17, 15) is 14.0 Å². The van der Waals surface area contributed by atoms with Crippen LogP contribution in [0.4, 0.5) is 4.39 Å². The van der Waals surface area contributed by atoms with Crippen molar-refractivity contribution in [2.45, 2.75) is 38.3 Å². The second kappa shape index (κ2) is 6.59. The van der Waals surface area contributed by atoms with Crippen LogP contribution < -0.4 is 5.56 Å². The number of piperazine rings is 1. The van der Waals surface area contributed by atoms with Gasteiger partial charge in [-0.25, -0.2) is 4.39 Å². The van der Waals surface area contributed by atoms with E-state index in [4.69, 9.17) is 0 Å². The lowest BCUT2D eigenvalue weighted by atomic mass is 10.1. The smallest absolute Gasteiger partial charge is 0.252 e. The summed E-state index contributed by atoms with van der Waals surface area (Å²) in [6, 6.07) is 6.57. The van der Waals surface area contributed by atoms with E-state index in [2.05, 4.69) is 4.98 Å². The number of halogens is 1. The normalized spacial score (nSPS) is 19.9. The minimum Gasteiger partial charge on any atom is -0.337 e. The van der Waals surface area contributed by atoms with Gasteiger partial charge in [-0.15, -0.1) is 0 Å². The van der Waals surface area contributed by atoms with Gasteiger partial charge < -0.3 is 9.88 Å². The first-order valence-corrected chi connectivity index (χ1v) is 8.93. The molecule has 25 heavy (non-hydrogen) atoms. The third-order valence-corrected chi connectivity index (χ3v) is 5.38. The molecule has 2 aliphatic rings. The number of hydrogen-bond donors (Lipinski definition) is 1. The van der Waals surface area contributed by atoms with E-state index in [1.807, 2.05) is 9.80 Å². The Bertz CT molecular complexity index is 857. The first-order valence-electron chi connectivity index (χ1n) is 8.93. The summed E-state index contributed by atoms with van der Waals surface area (Å²) < 4.78 is 13.3. The van der Waals surface area contributed by atoms with Gasteiger partial charge in [0.2, 0.25) is 5.91 Å². The second-order valence-electron chi connectivity index (χ2n) is 7.09. The highest BCUT2D eigenvalue weighted by Gasteiger charge is 2.31. The maximum Gasteiger partial charge on any atom is 0.252 e. The van der Waals surface area contributed by atoms with E-state index in [-0.39, 0.29) is 17.3 Å². The van der Waals surface area contributed by atoms with Gasteiger partial charge in [-0.1, -0.05) is 12.8 Å². The predicted molar refractivity (Wildman–Crippen MR) is 93.8 cm³/mol. The lowest BCUT2D eigenvalue weighted by molar-refractivity contribution is -0.138. The first kappa shape index (κ1) is 16.3. The summed E-state index contributed by atoms with van der Waals surface area (Å²) in [5, 5.41) is 0.798. The highest BCUT2D eigenvalue weighted by Crippen LogP contribution is 2.25. The van der Waals surface area contributed by atoms with E-state index in [1.165, 1.54) is 25.0 Å². The zero-order valence-electron chi connectivity index (χ0n) is 14.1. The van der Waals surface area contributed by atoms with E-state index in [0.717, 1.165) is 31.3 Å². The molecule has 6 heteroatoms. The van der Waals surface area contributed by atoms with E-state index in [1.54, 1.807) is 12.1 Å². The topological polar surface area (TPSA) is 56.4 Å². The maximum atomic E-state index is 13.3. The van der Waals surface area contributed by atoms with E-state index < -0.39 is 0 Å². The second-order valence-corrected chi connectivity index (χ2v) is 7.09. The van der Waals surface area contributed by atoms with Crippen LogP contribution in [0.15, 0.2) is 29.1 Å². The summed E-state index contributed by atoms with van der Waals surface area (Å²) in [6.45, 7) is 2.31. The highest BCUT2D eigenvalue weighted by atomic mass is 19.1. The van der Waals surface area contributed by atoms with Crippen LogP contribution in [-0.4, -0.2) is 46.4 Å². The number of carbonyl (C=O) groups is 1. The van der Waals surface area contributed by atoms with Crippen LogP contribution in [-0.2, 0) is 11.3 Å². The van der Waals surface area contributed by atoms with Gasteiger partial charge in [-0.05, 0) is 42.5 Å². The molecule has 1 aliphatic carbocycles. The van der Waals surface area contributed by atoms with Crippen LogP contribution >= 0.6 is 0 Å². The number of H-pyrrole nitrogens is 1. The van der Waals surface area contributed by atoms with Crippen molar-refractivity contribution in [3.8, 4) is 0 Å². The van der Waals surface area contributed by atoms with Crippen molar-refractivity contribution in [1.29, 1.82) is 0 Å². The van der Waals surface area contributed by atoms with Crippen molar-refractivity contribution in [3.05, 3.63) is 46.0 Å². The van der Waals surface area contributed by atoms with Crippen LogP contribution in [0.25, 0.3) is 10.9 Å². The van der Waals surface area contributed by atoms with Gasteiger partial charge in [0.25, 0.3) is 5.56 Å². The molecule has 2 heterocycles. The number of rotatable bonds is 3. The molecular weight excluding hydrogens is 321 g/mol. The average Bonchev–Trinajstić information content (AvgIpc) is 3.10. The molecule has 0 radical (unpaired) electrons. The predicted octanol–water partition coefficient (Wildman–Crippen LogP) is 2.25. The summed E-state index contributed by atoms with van der Waals surface area (Å²) in [5.41, 5.74) is 0.890. The van der Waals surface area contributed by atoms with E-state index in [0.29, 0.717) is 30.2 Å². The third kappa shape index (κ3) is 3.31. The van der Waals surface area contributed by atoms with Crippen LogP contribution in [0.2, 0.25) is 0 Å². The Labute approximate surface area is 145 Å². The summed E-state index contributed by atoms with van der Waals surface area (Å²) in [5.74, 6) is -0.207. The number of aromatic amines is 1. The molecule has 0 spiro atoms. The Hall–Kier alpha value is -2.21. The van der Waals surface area contributed by atoms with Gasteiger partial charge in [0.05, 0.1) is 12.1 Å². The Balaban J connectivity index is 1.48. The Morgan fingerprint density at radius 3 is 2.68 bits per heavy atom. The van der Waals surface area contributed by atoms with Crippen molar-refractivity contribution in [3.63, 3.8) is 0 Å². The van der Waals surface area contributed by atoms with Gasteiger partial charge in [0.1, 0.15) is 5.82 Å². The standard InChI is InChI=1S/C19H22FN3O2/c20-15-6-5-13-9-14(19(25)21-17(13)10-15)11-22-7-8-23(18(24)12-22)16-3-1-2-4-16/h5-6,9-10,16H,1-4,7-8,11-12H2,(H,21,25). The molecule has 0 bridgehead atoms. The Morgan fingerprint density at radius 1 is 1.12 bits per heavy atom. The number of hydrogen-bond acceptors (Lipinski definition) is 3. The molecule has 1 aromatic heterocycles. The molecule has 5 nitrogen and oxygen atoms in total. The maximum absolute atomic E-state index is 13.3. The zero-order chi connectivity index (χ0) is 17.4. The SMILES string of the molecule is O=C1CN(Cc2cc3ccc(F)cc3[nH]c2=O)CCN1C1CCCC1. The number of amides is 1. The molecule has 2 aromatic rings. The average molecular weight is 343 g/mol. The van der Waals surface area contributed by atoms with Crippen LogP contribution in [0.3, 0.4) is 0 Å². The molecule has 1 saturated carbocycles. The molecule has 2 fully saturated rings. The van der Waals surface area contributed by atoms with Crippen LogP contribution in [0.1, 0.15) is 31.2 Å². The number of benzene rings is 1. The summed E-state index contributed by atoms with van der Waals surface area (Å²) >= 11 is 0. The number of aromatic nitrogens is 1. The number of nitrogens with one attached hydrogen (secondary N) is 1. The summed E-state index contributed by atoms with van der Waals surface area (Å²) in [4.78, 5) is 31.5. The van der Waals surface area contributed by atoms with Gasteiger partial charge in [-0.3, -0.25) is 14.5 Å². The number of carbonyl (C=O) groups excluding carboxylic acids is 1. The van der Waals surface area contributed by atoms with Crippen molar-refractivity contribution in [1.82, 2.24) is 14.8 Å². The van der Waals surface area contributed by atoms with Crippen molar-refractivity contribution in [2.24, 2.45) is 0 Å². The van der Waals surface area contributed by atoms with Crippen molar-refractivity contribution in [2.75, 3.05) is 19.6 Å². The molecular formula is C19H22FN3O2. The minimum atomic E-state index is -0.371. The summed E-state index contributed by atoms with van der Waals surface area (Å²) in [7, 11) is 0. The number of nitrogens with zero attached hydrogens (tertiary/aromatic N) is 2. The van der Waals surface area contributed by atoms with Gasteiger partial charge in [0, 0.05) is 31.2 Å². The number of pyridine rings is 1. The Kier molecular flexibility index (Phi) is 4.29. The molecule has 132 valence electrons. The van der Waals surface area contributed by atoms with Crippen LogP contribution in [0.5, 0.6) is 0 Å². The fraction of sp³-hybridized carbons (Fsp3) is 0.474. The van der Waals surface area contributed by atoms with Gasteiger partial charge >= 0.3 is 0 Å². The molecule has 4 rings (SSSR count). The minimum absolute atomic E-state index is 0.164. The quantitative estimate of drug-likeness (QED) is 0.930. The molecule has 0 unspecified atom stereocenters. The molecule has 1 saturated heterocycles. The van der Waals surface area contributed by atoms with Crippen molar-refractivity contribution < 1.29 is 9.18 Å². The molecule has 1 aromatic carbocycles. The highest BCUT2D eigenvalue weighted by molar-refractivity contribution is 5.80.